The summed E-state index contributed by atoms with van der Waals surface area (Å²) in [6.07, 6.45) is -0.550. The normalized spacial score (nSPS) is 21.0. The molecule has 21 heavy (non-hydrogen) atoms. The van der Waals surface area contributed by atoms with E-state index in [1.807, 2.05) is 0 Å². The van der Waals surface area contributed by atoms with E-state index in [0.29, 0.717) is 35.3 Å². The van der Waals surface area contributed by atoms with Gasteiger partial charge in [0.15, 0.2) is 6.61 Å². The number of benzene rings is 1. The lowest BCUT2D eigenvalue weighted by molar-refractivity contribution is -0.128. The van der Waals surface area contributed by atoms with Gasteiger partial charge in [-0.05, 0) is 6.07 Å². The molecule has 7 nitrogen and oxygen atoms in total. The smallest absolute Gasteiger partial charge is 0.262 e. The highest BCUT2D eigenvalue weighted by Crippen LogP contribution is 2.36. The third-order valence-electron chi connectivity index (χ3n) is 3.18. The van der Waals surface area contributed by atoms with E-state index in [0.717, 1.165) is 6.54 Å². The standard InChI is InChI=1S/C13H14ClN3O4/c14-7-3-9-10(21-6-12(18)16-9)4-8(7)17-13(19)11-5-15-1-2-20-11/h3-4,11,15H,1-2,5-6H2,(H,16,18)(H,17,19). The van der Waals surface area contributed by atoms with Crippen LogP contribution in [0.5, 0.6) is 5.75 Å². The molecule has 0 saturated carbocycles. The minimum atomic E-state index is -0.550. The molecule has 0 aromatic heterocycles. The molecule has 0 aliphatic carbocycles. The molecule has 1 saturated heterocycles. The molecule has 8 heteroatoms. The van der Waals surface area contributed by atoms with Gasteiger partial charge in [-0.3, -0.25) is 9.59 Å². The molecule has 1 fully saturated rings. The molecule has 2 aliphatic heterocycles. The van der Waals surface area contributed by atoms with Gasteiger partial charge >= 0.3 is 0 Å². The molecule has 0 spiro atoms. The van der Waals surface area contributed by atoms with Gasteiger partial charge in [0.1, 0.15) is 11.9 Å². The number of carbonyl (C=O) groups is 2. The van der Waals surface area contributed by atoms with Gasteiger partial charge in [0.25, 0.3) is 11.8 Å². The maximum absolute atomic E-state index is 12.1. The lowest BCUT2D eigenvalue weighted by Gasteiger charge is -2.24. The van der Waals surface area contributed by atoms with Crippen molar-refractivity contribution in [2.45, 2.75) is 6.10 Å². The van der Waals surface area contributed by atoms with Crippen molar-refractivity contribution in [3.8, 4) is 5.75 Å². The van der Waals surface area contributed by atoms with Gasteiger partial charge in [0.2, 0.25) is 0 Å². The minimum absolute atomic E-state index is 0.0579. The first-order valence-corrected chi connectivity index (χ1v) is 6.90. The highest BCUT2D eigenvalue weighted by molar-refractivity contribution is 6.34. The number of nitrogens with one attached hydrogen (secondary N) is 3. The topological polar surface area (TPSA) is 88.7 Å². The number of amides is 2. The number of ether oxygens (including phenoxy) is 2. The van der Waals surface area contributed by atoms with Crippen molar-refractivity contribution in [3.05, 3.63) is 17.2 Å². The number of hydrogen-bond acceptors (Lipinski definition) is 5. The molecule has 1 aromatic rings. The van der Waals surface area contributed by atoms with Crippen molar-refractivity contribution in [3.63, 3.8) is 0 Å². The van der Waals surface area contributed by atoms with E-state index in [1.165, 1.54) is 0 Å². The van der Waals surface area contributed by atoms with Crippen molar-refractivity contribution in [1.82, 2.24) is 5.32 Å². The monoisotopic (exact) mass is 311 g/mol. The van der Waals surface area contributed by atoms with Crippen LogP contribution >= 0.6 is 11.6 Å². The van der Waals surface area contributed by atoms with E-state index < -0.39 is 6.10 Å². The van der Waals surface area contributed by atoms with E-state index in [9.17, 15) is 9.59 Å². The van der Waals surface area contributed by atoms with Crippen molar-refractivity contribution >= 4 is 34.8 Å². The molecule has 1 atom stereocenters. The van der Waals surface area contributed by atoms with Crippen LogP contribution in [0.15, 0.2) is 12.1 Å². The second-order valence-electron chi connectivity index (χ2n) is 4.72. The maximum atomic E-state index is 12.1. The zero-order chi connectivity index (χ0) is 14.8. The summed E-state index contributed by atoms with van der Waals surface area (Å²) < 4.78 is 10.7. The van der Waals surface area contributed by atoms with Gasteiger partial charge in [-0.15, -0.1) is 0 Å². The third-order valence-corrected chi connectivity index (χ3v) is 3.49. The number of hydrogen-bond donors (Lipinski definition) is 3. The SMILES string of the molecule is O=C1COc2cc(NC(=O)C3CNCCO3)c(Cl)cc2N1. The van der Waals surface area contributed by atoms with Crippen molar-refractivity contribution < 1.29 is 19.1 Å². The average Bonchev–Trinajstić information content (AvgIpc) is 2.49. The Bertz CT molecular complexity index is 587. The van der Waals surface area contributed by atoms with Crippen LogP contribution in [0.25, 0.3) is 0 Å². The van der Waals surface area contributed by atoms with Gasteiger partial charge in [-0.2, -0.15) is 0 Å². The average molecular weight is 312 g/mol. The van der Waals surface area contributed by atoms with Crippen molar-refractivity contribution in [2.75, 3.05) is 36.9 Å². The Balaban J connectivity index is 1.76. The van der Waals surface area contributed by atoms with Gasteiger partial charge in [0.05, 0.1) is 23.0 Å². The zero-order valence-electron chi connectivity index (χ0n) is 11.1. The van der Waals surface area contributed by atoms with Crippen molar-refractivity contribution in [2.24, 2.45) is 0 Å². The first-order chi connectivity index (χ1) is 10.1. The van der Waals surface area contributed by atoms with Gasteiger partial charge in [0, 0.05) is 19.2 Å². The summed E-state index contributed by atoms with van der Waals surface area (Å²) >= 11 is 6.11. The summed E-state index contributed by atoms with van der Waals surface area (Å²) in [5.74, 6) is -0.0436. The molecule has 2 aliphatic rings. The molecule has 3 rings (SSSR count). The first kappa shape index (κ1) is 14.1. The van der Waals surface area contributed by atoms with Gasteiger partial charge in [-0.1, -0.05) is 11.6 Å². The fraction of sp³-hybridized carbons (Fsp3) is 0.385. The van der Waals surface area contributed by atoms with Crippen LogP contribution in [0, 0.1) is 0 Å². The second kappa shape index (κ2) is 5.88. The summed E-state index contributed by atoms with van der Waals surface area (Å²) in [7, 11) is 0. The predicted octanol–water partition coefficient (Wildman–Crippen LogP) is 0.598. The van der Waals surface area contributed by atoms with Crippen LogP contribution in [0.1, 0.15) is 0 Å². The van der Waals surface area contributed by atoms with Crippen LogP contribution in [-0.4, -0.2) is 44.2 Å². The Hall–Kier alpha value is -1.83. The summed E-state index contributed by atoms with van der Waals surface area (Å²) in [6, 6.07) is 3.13. The Labute approximate surface area is 125 Å². The Morgan fingerprint density at radius 3 is 3.05 bits per heavy atom. The van der Waals surface area contributed by atoms with E-state index in [4.69, 9.17) is 21.1 Å². The number of carbonyl (C=O) groups excluding carboxylic acids is 2. The minimum Gasteiger partial charge on any atom is -0.482 e. The quantitative estimate of drug-likeness (QED) is 0.744. The highest BCUT2D eigenvalue weighted by Gasteiger charge is 2.24. The highest BCUT2D eigenvalue weighted by atomic mass is 35.5. The van der Waals surface area contributed by atoms with E-state index in [2.05, 4.69) is 16.0 Å². The summed E-state index contributed by atoms with van der Waals surface area (Å²) in [5.41, 5.74) is 0.913. The molecule has 0 radical (unpaired) electrons. The summed E-state index contributed by atoms with van der Waals surface area (Å²) in [5, 5.41) is 8.76. The fourth-order valence-corrected chi connectivity index (χ4v) is 2.35. The molecular weight excluding hydrogens is 298 g/mol. The zero-order valence-corrected chi connectivity index (χ0v) is 11.8. The van der Waals surface area contributed by atoms with Gasteiger partial charge in [-0.25, -0.2) is 0 Å². The largest absolute Gasteiger partial charge is 0.482 e. The molecule has 1 aromatic carbocycles. The molecular formula is C13H14ClN3O4. The fourth-order valence-electron chi connectivity index (χ4n) is 2.14. The molecule has 2 heterocycles. The summed E-state index contributed by atoms with van der Waals surface area (Å²) in [6.45, 7) is 1.63. The third kappa shape index (κ3) is 3.10. The molecule has 3 N–H and O–H groups in total. The van der Waals surface area contributed by atoms with Crippen LogP contribution in [0.3, 0.4) is 0 Å². The van der Waals surface area contributed by atoms with E-state index >= 15 is 0 Å². The van der Waals surface area contributed by atoms with E-state index in [-0.39, 0.29) is 18.4 Å². The molecule has 0 bridgehead atoms. The number of rotatable bonds is 2. The Morgan fingerprint density at radius 1 is 1.43 bits per heavy atom. The molecule has 1 unspecified atom stereocenters. The van der Waals surface area contributed by atoms with Crippen molar-refractivity contribution in [1.29, 1.82) is 0 Å². The number of anilines is 2. The summed E-state index contributed by atoms with van der Waals surface area (Å²) in [4.78, 5) is 23.3. The molecule has 2 amide bonds. The lowest BCUT2D eigenvalue weighted by atomic mass is 10.2. The van der Waals surface area contributed by atoms with Crippen LogP contribution in [-0.2, 0) is 14.3 Å². The van der Waals surface area contributed by atoms with Crippen LogP contribution in [0.2, 0.25) is 5.02 Å². The number of fused-ring (bicyclic) bond motifs is 1. The first-order valence-electron chi connectivity index (χ1n) is 6.53. The predicted molar refractivity (Wildman–Crippen MR) is 76.8 cm³/mol. The second-order valence-corrected chi connectivity index (χ2v) is 5.13. The van der Waals surface area contributed by atoms with Crippen LogP contribution in [0.4, 0.5) is 11.4 Å². The maximum Gasteiger partial charge on any atom is 0.262 e. The number of halogens is 1. The van der Waals surface area contributed by atoms with Gasteiger partial charge < -0.3 is 25.4 Å². The lowest BCUT2D eigenvalue weighted by Crippen LogP contribution is -2.45. The van der Waals surface area contributed by atoms with Crippen LogP contribution < -0.4 is 20.7 Å². The Kier molecular flexibility index (Phi) is 3.96. The number of morpholine rings is 1. The molecule has 112 valence electrons. The van der Waals surface area contributed by atoms with E-state index in [1.54, 1.807) is 12.1 Å². The Morgan fingerprint density at radius 2 is 2.29 bits per heavy atom.